The average molecular weight is 310 g/mol. The molecule has 0 heterocycles. The second kappa shape index (κ2) is 5.68. The SMILES string of the molecule is CC(C)(C)S(=O)(=O)CCNc1c(Cl)cccc1Cl. The normalized spacial score (nSPS) is 12.5. The van der Waals surface area contributed by atoms with Gasteiger partial charge < -0.3 is 5.32 Å². The number of hydrogen-bond acceptors (Lipinski definition) is 3. The molecule has 6 heteroatoms. The van der Waals surface area contributed by atoms with E-state index in [0.29, 0.717) is 15.7 Å². The first-order chi connectivity index (χ1) is 8.15. The number of nitrogens with one attached hydrogen (secondary N) is 1. The lowest BCUT2D eigenvalue weighted by Crippen LogP contribution is -2.32. The number of rotatable bonds is 4. The number of anilines is 1. The van der Waals surface area contributed by atoms with Crippen LogP contribution in [0.5, 0.6) is 0 Å². The van der Waals surface area contributed by atoms with Gasteiger partial charge in [0.15, 0.2) is 9.84 Å². The summed E-state index contributed by atoms with van der Waals surface area (Å²) in [5.41, 5.74) is 0.574. The lowest BCUT2D eigenvalue weighted by molar-refractivity contribution is 0.560. The van der Waals surface area contributed by atoms with E-state index < -0.39 is 14.6 Å². The van der Waals surface area contributed by atoms with Crippen LogP contribution in [0.25, 0.3) is 0 Å². The third-order valence-corrected chi connectivity index (χ3v) is 5.81. The molecule has 0 spiro atoms. The Labute approximate surface area is 118 Å². The standard InChI is InChI=1S/C12H17Cl2NO2S/c1-12(2,3)18(16,17)8-7-15-11-9(13)5-4-6-10(11)14/h4-6,15H,7-8H2,1-3H3. The first-order valence-corrected chi connectivity index (χ1v) is 7.96. The van der Waals surface area contributed by atoms with Crippen molar-refractivity contribution in [3.63, 3.8) is 0 Å². The van der Waals surface area contributed by atoms with Crippen molar-refractivity contribution >= 4 is 38.7 Å². The molecule has 3 nitrogen and oxygen atoms in total. The maximum absolute atomic E-state index is 11.9. The zero-order chi connectivity index (χ0) is 14.0. The van der Waals surface area contributed by atoms with Gasteiger partial charge in [-0.2, -0.15) is 0 Å². The molecular weight excluding hydrogens is 293 g/mol. The number of halogens is 2. The second-order valence-electron chi connectivity index (χ2n) is 4.95. The van der Waals surface area contributed by atoms with Gasteiger partial charge in [0.1, 0.15) is 0 Å². The van der Waals surface area contributed by atoms with Crippen LogP contribution in [0.4, 0.5) is 5.69 Å². The smallest absolute Gasteiger partial charge is 0.156 e. The van der Waals surface area contributed by atoms with Gasteiger partial charge in [-0.1, -0.05) is 29.3 Å². The van der Waals surface area contributed by atoms with Gasteiger partial charge in [0.25, 0.3) is 0 Å². The summed E-state index contributed by atoms with van der Waals surface area (Å²) in [6.07, 6.45) is 0. The summed E-state index contributed by atoms with van der Waals surface area (Å²) in [7, 11) is -3.14. The van der Waals surface area contributed by atoms with Gasteiger partial charge in [0, 0.05) is 6.54 Å². The molecule has 18 heavy (non-hydrogen) atoms. The summed E-state index contributed by atoms with van der Waals surface area (Å²) in [5, 5.41) is 3.93. The Morgan fingerprint density at radius 1 is 1.17 bits per heavy atom. The van der Waals surface area contributed by atoms with Crippen molar-refractivity contribution in [3.8, 4) is 0 Å². The summed E-state index contributed by atoms with van der Waals surface area (Å²) < 4.78 is 23.1. The van der Waals surface area contributed by atoms with Crippen molar-refractivity contribution in [1.82, 2.24) is 0 Å². The number of para-hydroxylation sites is 1. The summed E-state index contributed by atoms with van der Waals surface area (Å²) in [6, 6.07) is 5.14. The molecule has 1 aromatic rings. The number of hydrogen-bond donors (Lipinski definition) is 1. The highest BCUT2D eigenvalue weighted by atomic mass is 35.5. The Hall–Kier alpha value is -0.450. The van der Waals surface area contributed by atoms with Gasteiger partial charge in [-0.25, -0.2) is 8.42 Å². The van der Waals surface area contributed by atoms with E-state index in [1.165, 1.54) is 0 Å². The van der Waals surface area contributed by atoms with Crippen LogP contribution in [0, 0.1) is 0 Å². The molecule has 0 fully saturated rings. The summed E-state index contributed by atoms with van der Waals surface area (Å²) in [6.45, 7) is 5.34. The van der Waals surface area contributed by atoms with Crippen LogP contribution in [0.3, 0.4) is 0 Å². The highest BCUT2D eigenvalue weighted by molar-refractivity contribution is 7.92. The molecule has 0 radical (unpaired) electrons. The maximum Gasteiger partial charge on any atom is 0.156 e. The van der Waals surface area contributed by atoms with Gasteiger partial charge in [0.05, 0.1) is 26.2 Å². The minimum Gasteiger partial charge on any atom is -0.382 e. The molecule has 0 saturated heterocycles. The molecule has 0 unspecified atom stereocenters. The maximum atomic E-state index is 11.9. The Bertz CT molecular complexity index is 501. The van der Waals surface area contributed by atoms with Gasteiger partial charge in [0.2, 0.25) is 0 Å². The predicted octanol–water partition coefficient (Wildman–Crippen LogP) is 3.62. The van der Waals surface area contributed by atoms with Crippen molar-refractivity contribution in [1.29, 1.82) is 0 Å². The molecule has 102 valence electrons. The molecular formula is C12H17Cl2NO2S. The fraction of sp³-hybridized carbons (Fsp3) is 0.500. The molecule has 1 rings (SSSR count). The lowest BCUT2D eigenvalue weighted by Gasteiger charge is -2.19. The van der Waals surface area contributed by atoms with Crippen molar-refractivity contribution in [2.75, 3.05) is 17.6 Å². The first kappa shape index (κ1) is 15.6. The summed E-state index contributed by atoms with van der Waals surface area (Å²) in [5.74, 6) is 0.0397. The first-order valence-electron chi connectivity index (χ1n) is 5.55. The zero-order valence-corrected chi connectivity index (χ0v) is 13.0. The topological polar surface area (TPSA) is 46.2 Å². The van der Waals surface area contributed by atoms with Crippen LogP contribution in [-0.4, -0.2) is 25.5 Å². The van der Waals surface area contributed by atoms with Crippen LogP contribution < -0.4 is 5.32 Å². The summed E-state index contributed by atoms with van der Waals surface area (Å²) >= 11 is 11.9. The fourth-order valence-corrected chi connectivity index (χ4v) is 2.80. The third kappa shape index (κ3) is 3.77. The molecule has 0 saturated carbocycles. The van der Waals surface area contributed by atoms with E-state index in [0.717, 1.165) is 0 Å². The number of sulfone groups is 1. The molecule has 0 amide bonds. The molecule has 0 aliphatic carbocycles. The minimum atomic E-state index is -3.14. The minimum absolute atomic E-state index is 0.0397. The monoisotopic (exact) mass is 309 g/mol. The Balaban J connectivity index is 2.69. The molecule has 1 aromatic carbocycles. The van der Waals surface area contributed by atoms with E-state index in [2.05, 4.69) is 5.32 Å². The predicted molar refractivity (Wildman–Crippen MR) is 78.5 cm³/mol. The second-order valence-corrected chi connectivity index (χ2v) is 8.63. The Kier molecular flexibility index (Phi) is 4.92. The van der Waals surface area contributed by atoms with Crippen molar-refractivity contribution < 1.29 is 8.42 Å². The zero-order valence-electron chi connectivity index (χ0n) is 10.6. The van der Waals surface area contributed by atoms with E-state index in [1.807, 2.05) is 0 Å². The van der Waals surface area contributed by atoms with Crippen molar-refractivity contribution in [2.24, 2.45) is 0 Å². The van der Waals surface area contributed by atoms with Gasteiger partial charge in [-0.15, -0.1) is 0 Å². The van der Waals surface area contributed by atoms with Crippen LogP contribution in [0.2, 0.25) is 10.0 Å². The van der Waals surface area contributed by atoms with Crippen LogP contribution in [0.15, 0.2) is 18.2 Å². The Morgan fingerprint density at radius 2 is 1.67 bits per heavy atom. The van der Waals surface area contributed by atoms with E-state index >= 15 is 0 Å². The van der Waals surface area contributed by atoms with E-state index in [4.69, 9.17) is 23.2 Å². The van der Waals surface area contributed by atoms with E-state index in [9.17, 15) is 8.42 Å². The highest BCUT2D eigenvalue weighted by Crippen LogP contribution is 2.29. The van der Waals surface area contributed by atoms with E-state index in [1.54, 1.807) is 39.0 Å². The molecule has 1 N–H and O–H groups in total. The van der Waals surface area contributed by atoms with Crippen LogP contribution >= 0.6 is 23.2 Å². The van der Waals surface area contributed by atoms with Crippen molar-refractivity contribution in [2.45, 2.75) is 25.5 Å². The molecule has 0 atom stereocenters. The quantitative estimate of drug-likeness (QED) is 0.924. The van der Waals surface area contributed by atoms with E-state index in [-0.39, 0.29) is 12.3 Å². The molecule has 0 aromatic heterocycles. The highest BCUT2D eigenvalue weighted by Gasteiger charge is 2.28. The molecule has 0 aliphatic heterocycles. The molecule has 0 bridgehead atoms. The lowest BCUT2D eigenvalue weighted by atomic mass is 10.3. The van der Waals surface area contributed by atoms with Gasteiger partial charge in [-0.3, -0.25) is 0 Å². The van der Waals surface area contributed by atoms with Crippen LogP contribution in [-0.2, 0) is 9.84 Å². The Morgan fingerprint density at radius 3 is 2.11 bits per heavy atom. The third-order valence-electron chi connectivity index (χ3n) is 2.57. The summed E-state index contributed by atoms with van der Waals surface area (Å²) in [4.78, 5) is 0. The van der Waals surface area contributed by atoms with Crippen LogP contribution in [0.1, 0.15) is 20.8 Å². The van der Waals surface area contributed by atoms with Gasteiger partial charge in [-0.05, 0) is 32.9 Å². The largest absolute Gasteiger partial charge is 0.382 e. The number of benzene rings is 1. The fourth-order valence-electron chi connectivity index (χ4n) is 1.28. The molecule has 0 aliphatic rings. The van der Waals surface area contributed by atoms with Crippen molar-refractivity contribution in [3.05, 3.63) is 28.2 Å². The van der Waals surface area contributed by atoms with Gasteiger partial charge >= 0.3 is 0 Å². The average Bonchev–Trinajstić information content (AvgIpc) is 2.20.